The van der Waals surface area contributed by atoms with Crippen molar-refractivity contribution >= 4 is 33.5 Å². The zero-order valence-electron chi connectivity index (χ0n) is 44.2. The second kappa shape index (κ2) is 30.7. The first-order valence-electron chi connectivity index (χ1n) is 27.8. The number of esters is 2. The smallest absolute Gasteiger partial charge is 0.309 e. The molecule has 4 saturated carbocycles. The van der Waals surface area contributed by atoms with Crippen LogP contribution >= 0.6 is 11.3 Å². The molecule has 4 fully saturated rings. The molecule has 6 N–H and O–H groups in total. The van der Waals surface area contributed by atoms with E-state index >= 15 is 0 Å². The highest BCUT2D eigenvalue weighted by molar-refractivity contribution is 7.22. The number of nitriles is 1. The Kier molecular flexibility index (Phi) is 24.0. The molecule has 3 aromatic rings. The van der Waals surface area contributed by atoms with Gasteiger partial charge >= 0.3 is 11.9 Å². The highest BCUT2D eigenvalue weighted by Gasteiger charge is 2.37. The number of unbranched alkanes of at least 4 members (excludes halogenated alkanes) is 2. The molecule has 7 rings (SSSR count). The second-order valence-corrected chi connectivity index (χ2v) is 22.1. The van der Waals surface area contributed by atoms with Crippen molar-refractivity contribution in [1.82, 2.24) is 4.98 Å². The summed E-state index contributed by atoms with van der Waals surface area (Å²) in [5, 5.41) is 73.6. The van der Waals surface area contributed by atoms with Crippen LogP contribution in [0.3, 0.4) is 0 Å². The first kappa shape index (κ1) is 60.1. The molecule has 2 aromatic carbocycles. The minimum absolute atomic E-state index is 0.0104. The predicted octanol–water partition coefficient (Wildman–Crippen LogP) is 8.32. The lowest BCUT2D eigenvalue weighted by Crippen LogP contribution is -2.37. The predicted molar refractivity (Wildman–Crippen MR) is 284 cm³/mol. The number of aliphatic hydroxyl groups is 6. The lowest BCUT2D eigenvalue weighted by Gasteiger charge is -2.36. The van der Waals surface area contributed by atoms with Crippen LogP contribution in [0, 0.1) is 46.8 Å². The third-order valence-electron chi connectivity index (χ3n) is 15.7. The highest BCUT2D eigenvalue weighted by atomic mass is 32.1. The van der Waals surface area contributed by atoms with Gasteiger partial charge in [0.15, 0.2) is 37.7 Å². The molecule has 1 heterocycles. The maximum absolute atomic E-state index is 13.3. The minimum Gasteiger partial charge on any atom is -0.465 e. The van der Waals surface area contributed by atoms with Gasteiger partial charge in [0.05, 0.1) is 49.4 Å². The van der Waals surface area contributed by atoms with E-state index in [1.54, 1.807) is 24.3 Å². The normalized spacial score (nSPS) is 26.2. The molecular weight excluding hydrogens is 1010 g/mol. The van der Waals surface area contributed by atoms with Crippen LogP contribution in [0.1, 0.15) is 134 Å². The lowest BCUT2D eigenvalue weighted by molar-refractivity contribution is -0.194. The molecule has 0 bridgehead atoms. The van der Waals surface area contributed by atoms with E-state index < -0.39 is 37.7 Å². The molecule has 0 radical (unpaired) electrons. The van der Waals surface area contributed by atoms with Gasteiger partial charge in [0.2, 0.25) is 0 Å². The van der Waals surface area contributed by atoms with Gasteiger partial charge in [-0.15, -0.1) is 11.3 Å². The summed E-state index contributed by atoms with van der Waals surface area (Å²) in [6.07, 6.45) is 8.59. The molecule has 0 amide bonds. The van der Waals surface area contributed by atoms with Crippen molar-refractivity contribution in [3.05, 3.63) is 67.3 Å². The number of carbonyl (C=O) groups is 2. The number of aliphatic hydroxyl groups excluding tert-OH is 6. The van der Waals surface area contributed by atoms with Gasteiger partial charge in [-0.25, -0.2) is 4.98 Å². The van der Waals surface area contributed by atoms with Crippen molar-refractivity contribution in [2.24, 2.45) is 35.5 Å². The fourth-order valence-electron chi connectivity index (χ4n) is 10.8. The molecule has 4 aliphatic carbocycles. The van der Waals surface area contributed by atoms with E-state index in [1.807, 2.05) is 12.1 Å². The van der Waals surface area contributed by atoms with Crippen molar-refractivity contribution in [2.45, 2.75) is 178 Å². The van der Waals surface area contributed by atoms with E-state index in [4.69, 9.17) is 42.9 Å². The highest BCUT2D eigenvalue weighted by Crippen LogP contribution is 2.44. The summed E-state index contributed by atoms with van der Waals surface area (Å²) in [5.74, 6) is -0.834. The number of thiazole rings is 1. The van der Waals surface area contributed by atoms with Crippen LogP contribution in [0.2, 0.25) is 0 Å². The molecule has 77 heavy (non-hydrogen) atoms. The Morgan fingerprint density at radius 1 is 0.584 bits per heavy atom. The number of aromatic nitrogens is 1. The summed E-state index contributed by atoms with van der Waals surface area (Å²) >= 11 is 1.35. The number of nitrogens with zero attached hydrogens (tertiary/aromatic N) is 2. The average molecular weight is 1090 g/mol. The molecule has 0 aliphatic heterocycles. The van der Waals surface area contributed by atoms with Crippen LogP contribution < -0.4 is 9.47 Å². The van der Waals surface area contributed by atoms with Gasteiger partial charge in [-0.1, -0.05) is 25.3 Å². The Balaban J connectivity index is 0.852. The molecule has 0 spiro atoms. The number of hydrogen-bond acceptors (Lipinski definition) is 19. The van der Waals surface area contributed by atoms with E-state index in [0.717, 1.165) is 18.4 Å². The van der Waals surface area contributed by atoms with Gasteiger partial charge in [-0.2, -0.15) is 5.26 Å². The van der Waals surface area contributed by atoms with E-state index in [9.17, 15) is 45.5 Å². The molecule has 0 saturated heterocycles. The summed E-state index contributed by atoms with van der Waals surface area (Å²) < 4.78 is 46.7. The van der Waals surface area contributed by atoms with E-state index in [2.05, 4.69) is 19.2 Å². The van der Waals surface area contributed by atoms with E-state index in [-0.39, 0.29) is 66.3 Å². The topological polar surface area (TPSA) is 266 Å². The van der Waals surface area contributed by atoms with Crippen molar-refractivity contribution < 1.29 is 78.1 Å². The molecule has 18 nitrogen and oxygen atoms in total. The largest absolute Gasteiger partial charge is 0.465 e. The van der Waals surface area contributed by atoms with Crippen LogP contribution in [-0.4, -0.2) is 124 Å². The first-order chi connectivity index (χ1) is 37.3. The molecular formula is C58H80N2O16S. The van der Waals surface area contributed by atoms with Crippen LogP contribution in [-0.2, 0) is 38.0 Å². The van der Waals surface area contributed by atoms with E-state index in [0.29, 0.717) is 168 Å². The van der Waals surface area contributed by atoms with E-state index in [1.165, 1.54) is 23.5 Å². The van der Waals surface area contributed by atoms with Gasteiger partial charge < -0.3 is 68.5 Å². The summed E-state index contributed by atoms with van der Waals surface area (Å²) in [6, 6.07) is 12.6. The maximum Gasteiger partial charge on any atom is 0.309 e. The first-order valence-corrected chi connectivity index (χ1v) is 28.6. The fourth-order valence-corrected chi connectivity index (χ4v) is 11.9. The Morgan fingerprint density at radius 3 is 1.64 bits per heavy atom. The molecule has 6 atom stereocenters. The van der Waals surface area contributed by atoms with Gasteiger partial charge in [0.25, 0.3) is 0 Å². The number of rotatable bonds is 29. The van der Waals surface area contributed by atoms with Crippen molar-refractivity contribution in [2.75, 3.05) is 26.4 Å². The summed E-state index contributed by atoms with van der Waals surface area (Å²) in [5.41, 5.74) is 1.74. The van der Waals surface area contributed by atoms with Crippen LogP contribution in [0.15, 0.2) is 61.7 Å². The Hall–Kier alpha value is -4.56. The molecule has 4 aliphatic rings. The quantitative estimate of drug-likeness (QED) is 0.0165. The average Bonchev–Trinajstić information content (AvgIpc) is 3.94. The molecule has 6 unspecified atom stereocenters. The Bertz CT molecular complexity index is 2330. The Morgan fingerprint density at radius 2 is 1.05 bits per heavy atom. The van der Waals surface area contributed by atoms with Gasteiger partial charge in [-0.05, 0) is 165 Å². The van der Waals surface area contributed by atoms with Crippen molar-refractivity contribution in [1.29, 1.82) is 5.26 Å². The zero-order chi connectivity index (χ0) is 54.7. The fraction of sp³-hybridized carbons (Fsp3) is 0.655. The molecule has 424 valence electrons. The standard InChI is InChI=1S/C58H80N2O16S/c1-3-48(61)69-31-5-7-33-71-53(63)38-21-25-44(26-22-38)73-55(65)40-13-17-42(18-14-40)57(67)75-46-29-30-47(51-50(46)60-52(77-51)37-11-9-36(35-59)10-12-37)76-58(68)43-19-15-41(16-20-43)56(66)74-45-27-23-39(24-28-45)54(64)72-34-8-6-32-70-49(62)4-2/h3-4,9-12,29-30,38-45,48-49,53,55,57-58,61-63,65,67-68H,1-2,5-8,13-28,31-34H2. The van der Waals surface area contributed by atoms with Crippen LogP contribution in [0.5, 0.6) is 11.5 Å². The second-order valence-electron chi connectivity index (χ2n) is 21.1. The Labute approximate surface area is 455 Å². The van der Waals surface area contributed by atoms with Crippen LogP contribution in [0.25, 0.3) is 20.8 Å². The van der Waals surface area contributed by atoms with Gasteiger partial charge in [0.1, 0.15) is 32.8 Å². The summed E-state index contributed by atoms with van der Waals surface area (Å²) in [6.45, 7) is 8.31. The molecule has 19 heteroatoms. The number of benzene rings is 2. The summed E-state index contributed by atoms with van der Waals surface area (Å²) in [7, 11) is 0. The summed E-state index contributed by atoms with van der Waals surface area (Å²) in [4.78, 5) is 30.9. The monoisotopic (exact) mass is 1090 g/mol. The minimum atomic E-state index is -1.18. The van der Waals surface area contributed by atoms with Crippen molar-refractivity contribution in [3.8, 4) is 28.1 Å². The molecule has 1 aromatic heterocycles. The number of hydrogen-bond donors (Lipinski definition) is 6. The lowest BCUT2D eigenvalue weighted by atomic mass is 9.81. The third-order valence-corrected chi connectivity index (χ3v) is 16.8. The third kappa shape index (κ3) is 18.0. The number of ether oxygens (including phenoxy) is 8. The van der Waals surface area contributed by atoms with Gasteiger partial charge in [0, 0.05) is 35.8 Å². The number of carbonyl (C=O) groups excluding carboxylic acids is 2. The maximum atomic E-state index is 13.3. The SMILES string of the molecule is C=CC(O)OCCCCOC(=O)C1CCC(OC(=O)C2CCC(C(O)Oc3ccc(OC(O)C4CCC(C(O)OC5CCC(C(O)OCCCCOC(O)C=C)CC5)CC4)c4nc(-c5ccc(C#N)cc5)sc34)CC2)CC1. The van der Waals surface area contributed by atoms with Gasteiger partial charge in [-0.3, -0.25) is 9.59 Å². The van der Waals surface area contributed by atoms with Crippen LogP contribution in [0.4, 0.5) is 0 Å². The number of fused-ring (bicyclic) bond motifs is 1. The van der Waals surface area contributed by atoms with Crippen molar-refractivity contribution in [3.63, 3.8) is 0 Å². The zero-order valence-corrected chi connectivity index (χ0v) is 45.0.